The Balaban J connectivity index is 2.28. The van der Waals surface area contributed by atoms with Crippen molar-refractivity contribution >= 4 is 7.60 Å². The Morgan fingerprint density at radius 1 is 1.30 bits per heavy atom. The van der Waals surface area contributed by atoms with Crippen molar-refractivity contribution in [3.63, 3.8) is 0 Å². The molecule has 0 saturated carbocycles. The standard InChI is InChI=1S/C12H19N2O8P/c1-20-9-7(4-6-23(17,18)19)22-11(10(9)21-2)14-5-3-8(15)13-12(14)16/h3,5,7,9-11H,4,6H2,1-2H3,(H,13,15,16)(H2,17,18,19)/t7-,9?,10+,11-/m1/s1. The Morgan fingerprint density at radius 3 is 2.48 bits per heavy atom. The van der Waals surface area contributed by atoms with Gasteiger partial charge in [-0.05, 0) is 6.42 Å². The van der Waals surface area contributed by atoms with Gasteiger partial charge in [-0.3, -0.25) is 18.9 Å². The minimum absolute atomic E-state index is 0.0389. The molecule has 1 aromatic heterocycles. The van der Waals surface area contributed by atoms with Crippen molar-refractivity contribution < 1.29 is 28.6 Å². The van der Waals surface area contributed by atoms with E-state index in [1.54, 1.807) is 0 Å². The zero-order chi connectivity index (χ0) is 17.2. The van der Waals surface area contributed by atoms with E-state index < -0.39 is 43.4 Å². The highest BCUT2D eigenvalue weighted by atomic mass is 31.2. The molecule has 1 aliphatic heterocycles. The van der Waals surface area contributed by atoms with E-state index in [-0.39, 0.29) is 12.6 Å². The van der Waals surface area contributed by atoms with Crippen molar-refractivity contribution in [3.8, 4) is 0 Å². The highest BCUT2D eigenvalue weighted by Crippen LogP contribution is 2.40. The summed E-state index contributed by atoms with van der Waals surface area (Å²) in [5.74, 6) is 0. The second-order valence-electron chi connectivity index (χ2n) is 5.16. The predicted molar refractivity (Wildman–Crippen MR) is 78.4 cm³/mol. The maximum atomic E-state index is 11.9. The smallest absolute Gasteiger partial charge is 0.330 e. The molecular weight excluding hydrogens is 331 g/mol. The number of hydrogen-bond acceptors (Lipinski definition) is 6. The number of rotatable bonds is 6. The van der Waals surface area contributed by atoms with Crippen LogP contribution in [0.3, 0.4) is 0 Å². The molecule has 10 nitrogen and oxygen atoms in total. The topological polar surface area (TPSA) is 140 Å². The van der Waals surface area contributed by atoms with Gasteiger partial charge in [0.05, 0.1) is 12.3 Å². The van der Waals surface area contributed by atoms with Gasteiger partial charge in [0.15, 0.2) is 6.23 Å². The first-order valence-electron chi connectivity index (χ1n) is 6.84. The summed E-state index contributed by atoms with van der Waals surface area (Å²) in [7, 11) is -1.35. The van der Waals surface area contributed by atoms with E-state index in [1.807, 2.05) is 0 Å². The normalized spacial score (nSPS) is 28.2. The lowest BCUT2D eigenvalue weighted by Gasteiger charge is -2.22. The number of aromatic nitrogens is 2. The largest absolute Gasteiger partial charge is 0.376 e. The first kappa shape index (κ1) is 18.1. The molecule has 11 heteroatoms. The molecule has 0 radical (unpaired) electrons. The lowest BCUT2D eigenvalue weighted by molar-refractivity contribution is -0.0559. The molecule has 2 heterocycles. The minimum Gasteiger partial charge on any atom is -0.376 e. The highest BCUT2D eigenvalue weighted by molar-refractivity contribution is 7.51. The molecule has 0 bridgehead atoms. The number of H-pyrrole nitrogens is 1. The van der Waals surface area contributed by atoms with E-state index in [9.17, 15) is 14.2 Å². The van der Waals surface area contributed by atoms with E-state index >= 15 is 0 Å². The van der Waals surface area contributed by atoms with Crippen LogP contribution < -0.4 is 11.2 Å². The number of nitrogens with zero attached hydrogens (tertiary/aromatic N) is 1. The van der Waals surface area contributed by atoms with Gasteiger partial charge in [0.1, 0.15) is 12.2 Å². The third-order valence-electron chi connectivity index (χ3n) is 3.66. The maximum Gasteiger partial charge on any atom is 0.330 e. The maximum absolute atomic E-state index is 11.9. The summed E-state index contributed by atoms with van der Waals surface area (Å²) in [5, 5.41) is 0. The zero-order valence-electron chi connectivity index (χ0n) is 12.6. The lowest BCUT2D eigenvalue weighted by Crippen LogP contribution is -2.39. The van der Waals surface area contributed by atoms with Crippen molar-refractivity contribution in [1.29, 1.82) is 0 Å². The molecule has 3 N–H and O–H groups in total. The van der Waals surface area contributed by atoms with Crippen LogP contribution in [0, 0.1) is 0 Å². The molecule has 23 heavy (non-hydrogen) atoms. The van der Waals surface area contributed by atoms with E-state index in [0.29, 0.717) is 0 Å². The Labute approximate surface area is 131 Å². The Hall–Kier alpha value is -1.29. The number of nitrogens with one attached hydrogen (secondary N) is 1. The fourth-order valence-electron chi connectivity index (χ4n) is 2.62. The van der Waals surface area contributed by atoms with Crippen LogP contribution in [-0.4, -0.2) is 58.0 Å². The molecule has 0 amide bonds. The average molecular weight is 350 g/mol. The first-order chi connectivity index (χ1) is 10.8. The fraction of sp³-hybridized carbons (Fsp3) is 0.667. The molecule has 1 aromatic rings. The third-order valence-corrected chi connectivity index (χ3v) is 4.50. The monoisotopic (exact) mass is 350 g/mol. The quantitative estimate of drug-likeness (QED) is 0.557. The zero-order valence-corrected chi connectivity index (χ0v) is 13.5. The van der Waals surface area contributed by atoms with Gasteiger partial charge in [-0.15, -0.1) is 0 Å². The molecule has 1 unspecified atom stereocenters. The molecule has 2 rings (SSSR count). The van der Waals surface area contributed by atoms with Crippen molar-refractivity contribution in [2.24, 2.45) is 0 Å². The van der Waals surface area contributed by atoms with Crippen LogP contribution in [0.15, 0.2) is 21.9 Å². The van der Waals surface area contributed by atoms with E-state index in [0.717, 1.165) is 4.57 Å². The number of aromatic amines is 1. The van der Waals surface area contributed by atoms with Crippen LogP contribution in [0.25, 0.3) is 0 Å². The second kappa shape index (κ2) is 7.08. The molecule has 0 aliphatic carbocycles. The molecule has 1 saturated heterocycles. The predicted octanol–water partition coefficient (Wildman–Crippen LogP) is -0.968. The van der Waals surface area contributed by atoms with E-state index in [4.69, 9.17) is 24.0 Å². The number of ether oxygens (including phenoxy) is 3. The molecule has 0 spiro atoms. The van der Waals surface area contributed by atoms with Crippen LogP contribution in [0.5, 0.6) is 0 Å². The summed E-state index contributed by atoms with van der Waals surface area (Å²) in [6.45, 7) is 0. The van der Waals surface area contributed by atoms with Gasteiger partial charge in [0.25, 0.3) is 5.56 Å². The summed E-state index contributed by atoms with van der Waals surface area (Å²) in [6, 6.07) is 1.17. The fourth-order valence-corrected chi connectivity index (χ4v) is 3.21. The van der Waals surface area contributed by atoms with Gasteiger partial charge < -0.3 is 24.0 Å². The van der Waals surface area contributed by atoms with Crippen LogP contribution in [0.2, 0.25) is 0 Å². The van der Waals surface area contributed by atoms with Crippen LogP contribution in [0.4, 0.5) is 0 Å². The number of methoxy groups -OCH3 is 2. The van der Waals surface area contributed by atoms with Gasteiger partial charge >= 0.3 is 13.3 Å². The Kier molecular flexibility index (Phi) is 5.56. The van der Waals surface area contributed by atoms with Gasteiger partial charge in [-0.25, -0.2) is 4.79 Å². The second-order valence-corrected chi connectivity index (χ2v) is 6.94. The van der Waals surface area contributed by atoms with Crippen molar-refractivity contribution in [2.45, 2.75) is 31.0 Å². The summed E-state index contributed by atoms with van der Waals surface area (Å²) in [6.07, 6.45) is -1.90. The molecule has 130 valence electrons. The SMILES string of the molecule is COC1[C@@H](CCP(=O)(O)O)O[C@@H](n2ccc(=O)[nH]c2=O)[C@H]1OC. The van der Waals surface area contributed by atoms with Crippen molar-refractivity contribution in [1.82, 2.24) is 9.55 Å². The summed E-state index contributed by atoms with van der Waals surface area (Å²) in [5.41, 5.74) is -1.21. The molecule has 1 fully saturated rings. The number of hydrogen-bond donors (Lipinski definition) is 3. The van der Waals surface area contributed by atoms with Gasteiger partial charge in [-0.2, -0.15) is 0 Å². The summed E-state index contributed by atoms with van der Waals surface area (Å²) in [4.78, 5) is 43.2. The van der Waals surface area contributed by atoms with Crippen LogP contribution in [-0.2, 0) is 18.8 Å². The Morgan fingerprint density at radius 2 is 1.96 bits per heavy atom. The average Bonchev–Trinajstić information content (AvgIpc) is 2.81. The minimum atomic E-state index is -4.18. The summed E-state index contributed by atoms with van der Waals surface area (Å²) >= 11 is 0. The molecule has 0 aromatic carbocycles. The van der Waals surface area contributed by atoms with Crippen molar-refractivity contribution in [2.75, 3.05) is 20.4 Å². The summed E-state index contributed by atoms with van der Waals surface area (Å²) < 4.78 is 28.6. The van der Waals surface area contributed by atoms with Gasteiger partial charge in [0.2, 0.25) is 0 Å². The van der Waals surface area contributed by atoms with Gasteiger partial charge in [0, 0.05) is 26.5 Å². The van der Waals surface area contributed by atoms with Crippen molar-refractivity contribution in [3.05, 3.63) is 33.1 Å². The Bertz CT molecular complexity index is 695. The lowest BCUT2D eigenvalue weighted by atomic mass is 10.1. The van der Waals surface area contributed by atoms with E-state index in [2.05, 4.69) is 4.98 Å². The van der Waals surface area contributed by atoms with E-state index in [1.165, 1.54) is 26.5 Å². The van der Waals surface area contributed by atoms with Gasteiger partial charge in [-0.1, -0.05) is 0 Å². The highest BCUT2D eigenvalue weighted by Gasteiger charge is 2.46. The van der Waals surface area contributed by atoms with Crippen LogP contribution in [0.1, 0.15) is 12.6 Å². The molecular formula is C12H19N2O8P. The third kappa shape index (κ3) is 4.17. The molecule has 4 atom stereocenters. The first-order valence-corrected chi connectivity index (χ1v) is 8.63. The molecule has 1 aliphatic rings. The van der Waals surface area contributed by atoms with Crippen LogP contribution >= 0.6 is 7.60 Å².